The van der Waals surface area contributed by atoms with Gasteiger partial charge in [-0.3, -0.25) is 0 Å². The Balaban J connectivity index is 0.892. The van der Waals surface area contributed by atoms with E-state index in [1.165, 1.54) is 70.4 Å². The third kappa shape index (κ3) is 4.14. The monoisotopic (exact) mass is 787 g/mol. The summed E-state index contributed by atoms with van der Waals surface area (Å²) in [6.07, 6.45) is 14.6. The normalized spacial score (nSPS) is 24.2. The van der Waals surface area contributed by atoms with Crippen molar-refractivity contribution in [3.05, 3.63) is 228 Å². The van der Waals surface area contributed by atoms with Crippen molar-refractivity contribution in [2.45, 2.75) is 23.8 Å². The zero-order valence-electron chi connectivity index (χ0n) is 32.6. The number of hydrogen-bond donors (Lipinski definition) is 0. The lowest BCUT2D eigenvalue weighted by Gasteiger charge is -2.39. The van der Waals surface area contributed by atoms with Gasteiger partial charge in [0, 0.05) is 43.6 Å². The standard InChI is InChI=1S/C56H37NO2S/c1-2-14-34(15-3-1)35-16-12-17-36(30-35)57(46-24-13-26-52-53(46)40-20-6-9-25-51(40)60-52)37-27-28-47-48(31-37)59-49-32-41-38-18-4-7-21-42(38)56(45(41)33-50(49)58-47)43-22-8-5-19-39(43)54-44-23-10-11-29-55(44,54)56/h1-30,32-33,37,44,54H,31H2/t37?,44-,54?,55?,56?/m1/s1. The summed E-state index contributed by atoms with van der Waals surface area (Å²) in [4.78, 5) is 2.52. The van der Waals surface area contributed by atoms with Gasteiger partial charge < -0.3 is 14.4 Å². The van der Waals surface area contributed by atoms with E-state index in [0.717, 1.165) is 28.7 Å². The molecular formula is C56H37NO2S. The quantitative estimate of drug-likeness (QED) is 0.177. The Hall–Kier alpha value is -6.88. The maximum absolute atomic E-state index is 7.08. The maximum atomic E-state index is 7.08. The van der Waals surface area contributed by atoms with E-state index in [1.807, 2.05) is 11.3 Å². The summed E-state index contributed by atoms with van der Waals surface area (Å²) in [5.74, 6) is 4.13. The van der Waals surface area contributed by atoms with Gasteiger partial charge in [0.2, 0.25) is 0 Å². The van der Waals surface area contributed by atoms with Crippen molar-refractivity contribution >= 4 is 42.9 Å². The molecule has 0 amide bonds. The number of anilines is 2. The van der Waals surface area contributed by atoms with Crippen LogP contribution < -0.4 is 14.4 Å². The third-order valence-corrected chi connectivity index (χ3v) is 15.5. The lowest BCUT2D eigenvalue weighted by molar-refractivity contribution is 0.285. The van der Waals surface area contributed by atoms with Crippen LogP contribution in [0.15, 0.2) is 206 Å². The minimum absolute atomic E-state index is 0.0356. The van der Waals surface area contributed by atoms with Gasteiger partial charge in [-0.05, 0) is 99.0 Å². The smallest absolute Gasteiger partial charge is 0.170 e. The van der Waals surface area contributed by atoms with Crippen LogP contribution in [-0.4, -0.2) is 6.04 Å². The van der Waals surface area contributed by atoms with Gasteiger partial charge in [-0.25, -0.2) is 0 Å². The second kappa shape index (κ2) is 11.9. The van der Waals surface area contributed by atoms with Crippen molar-refractivity contribution < 1.29 is 9.47 Å². The molecule has 8 aromatic rings. The average molecular weight is 788 g/mol. The summed E-state index contributed by atoms with van der Waals surface area (Å²) in [6.45, 7) is 0. The number of hydrogen-bond acceptors (Lipinski definition) is 4. The van der Waals surface area contributed by atoms with Crippen molar-refractivity contribution in [3.63, 3.8) is 0 Å². The summed E-state index contributed by atoms with van der Waals surface area (Å²) in [5.41, 5.74) is 12.5. The predicted octanol–water partition coefficient (Wildman–Crippen LogP) is 14.0. The summed E-state index contributed by atoms with van der Waals surface area (Å²) < 4.78 is 16.6. The molecule has 0 saturated heterocycles. The van der Waals surface area contributed by atoms with E-state index >= 15 is 0 Å². The molecule has 7 aromatic carbocycles. The van der Waals surface area contributed by atoms with Gasteiger partial charge in [-0.1, -0.05) is 146 Å². The molecule has 60 heavy (non-hydrogen) atoms. The van der Waals surface area contributed by atoms with Crippen LogP contribution in [0, 0.1) is 11.3 Å². The molecule has 5 atom stereocenters. The molecule has 14 rings (SSSR count). The Morgan fingerprint density at radius 2 is 1.38 bits per heavy atom. The molecule has 6 aliphatic rings. The fraction of sp³-hybridized carbons (Fsp3) is 0.107. The Bertz CT molecular complexity index is 3300. The number of thiophene rings is 1. The topological polar surface area (TPSA) is 21.7 Å². The van der Waals surface area contributed by atoms with E-state index in [0.29, 0.717) is 18.3 Å². The predicted molar refractivity (Wildman–Crippen MR) is 244 cm³/mol. The molecule has 5 aliphatic carbocycles. The lowest BCUT2D eigenvalue weighted by atomic mass is 9.62. The molecule has 4 unspecified atom stereocenters. The zero-order chi connectivity index (χ0) is 39.2. The fourth-order valence-electron chi connectivity index (χ4n) is 12.1. The first-order valence-electron chi connectivity index (χ1n) is 21.1. The molecule has 1 saturated carbocycles. The van der Waals surface area contributed by atoms with Crippen LogP contribution in [0.2, 0.25) is 0 Å². The zero-order valence-corrected chi connectivity index (χ0v) is 33.4. The van der Waals surface area contributed by atoms with Crippen molar-refractivity contribution in [2.24, 2.45) is 11.3 Å². The van der Waals surface area contributed by atoms with Crippen LogP contribution in [0.25, 0.3) is 42.4 Å². The highest BCUT2D eigenvalue weighted by Crippen LogP contribution is 2.85. The number of benzene rings is 7. The SMILES string of the molecule is C1=C[C@@H]2C3c4ccccc4C4(c5ccccc5-c5cc6c(cc54)OC4=C(CC(N(c5cccc(-c7ccccc7)c5)c5cccc7sc8ccccc8c57)C=C4)O6)C32C=C1. The van der Waals surface area contributed by atoms with Crippen LogP contribution in [0.4, 0.5) is 11.4 Å². The molecule has 0 N–H and O–H groups in total. The molecule has 284 valence electrons. The van der Waals surface area contributed by atoms with Crippen molar-refractivity contribution in [1.29, 1.82) is 0 Å². The van der Waals surface area contributed by atoms with E-state index < -0.39 is 0 Å². The first-order valence-corrected chi connectivity index (χ1v) is 21.9. The molecule has 2 heterocycles. The highest BCUT2D eigenvalue weighted by molar-refractivity contribution is 7.26. The van der Waals surface area contributed by atoms with Gasteiger partial charge in [0.1, 0.15) is 5.76 Å². The first kappa shape index (κ1) is 33.0. The molecule has 0 radical (unpaired) electrons. The van der Waals surface area contributed by atoms with Crippen molar-refractivity contribution in [3.8, 4) is 33.8 Å². The highest BCUT2D eigenvalue weighted by atomic mass is 32.1. The van der Waals surface area contributed by atoms with E-state index in [-0.39, 0.29) is 16.9 Å². The summed E-state index contributed by atoms with van der Waals surface area (Å²) >= 11 is 1.86. The van der Waals surface area contributed by atoms with Gasteiger partial charge in [0.05, 0.1) is 17.1 Å². The summed E-state index contributed by atoms with van der Waals surface area (Å²) in [7, 11) is 0. The van der Waals surface area contributed by atoms with Gasteiger partial charge in [-0.15, -0.1) is 11.3 Å². The number of nitrogens with zero attached hydrogens (tertiary/aromatic N) is 1. The average Bonchev–Trinajstić information content (AvgIpc) is 3.55. The maximum Gasteiger partial charge on any atom is 0.170 e. The second-order valence-electron chi connectivity index (χ2n) is 17.1. The fourth-order valence-corrected chi connectivity index (χ4v) is 13.2. The third-order valence-electron chi connectivity index (χ3n) is 14.4. The number of ether oxygens (including phenoxy) is 2. The first-order chi connectivity index (χ1) is 29.7. The van der Waals surface area contributed by atoms with E-state index in [9.17, 15) is 0 Å². The largest absolute Gasteiger partial charge is 0.454 e. The minimum Gasteiger partial charge on any atom is -0.454 e. The molecule has 2 spiro atoms. The Kier molecular flexibility index (Phi) is 6.53. The lowest BCUT2D eigenvalue weighted by Crippen LogP contribution is -2.37. The Labute approximate surface area is 352 Å². The van der Waals surface area contributed by atoms with Crippen molar-refractivity contribution in [2.75, 3.05) is 4.90 Å². The number of allylic oxidation sites excluding steroid dienone is 5. The summed E-state index contributed by atoms with van der Waals surface area (Å²) in [6, 6.07) is 58.0. The Morgan fingerprint density at radius 3 is 2.33 bits per heavy atom. The van der Waals surface area contributed by atoms with Crippen LogP contribution in [-0.2, 0) is 5.41 Å². The summed E-state index contributed by atoms with van der Waals surface area (Å²) in [5, 5.41) is 2.56. The molecule has 1 fully saturated rings. The van der Waals surface area contributed by atoms with E-state index in [4.69, 9.17) is 9.47 Å². The van der Waals surface area contributed by atoms with Gasteiger partial charge in [0.15, 0.2) is 17.3 Å². The van der Waals surface area contributed by atoms with Gasteiger partial charge >= 0.3 is 0 Å². The van der Waals surface area contributed by atoms with Crippen LogP contribution in [0.5, 0.6) is 11.5 Å². The molecular weight excluding hydrogens is 751 g/mol. The number of rotatable bonds is 4. The molecule has 3 nitrogen and oxygen atoms in total. The molecule has 4 heteroatoms. The van der Waals surface area contributed by atoms with Crippen LogP contribution in [0.1, 0.15) is 34.6 Å². The van der Waals surface area contributed by atoms with Crippen LogP contribution >= 0.6 is 11.3 Å². The van der Waals surface area contributed by atoms with Gasteiger partial charge in [0.25, 0.3) is 0 Å². The van der Waals surface area contributed by atoms with Crippen LogP contribution in [0.3, 0.4) is 0 Å². The molecule has 1 aliphatic heterocycles. The molecule has 1 aromatic heterocycles. The number of fused-ring (bicyclic) bond motifs is 13. The van der Waals surface area contributed by atoms with Gasteiger partial charge in [-0.2, -0.15) is 0 Å². The van der Waals surface area contributed by atoms with E-state index in [1.54, 1.807) is 0 Å². The minimum atomic E-state index is -0.311. The molecule has 0 bridgehead atoms. The van der Waals surface area contributed by atoms with Crippen molar-refractivity contribution in [1.82, 2.24) is 0 Å². The highest BCUT2D eigenvalue weighted by Gasteiger charge is 2.79. The second-order valence-corrected chi connectivity index (χ2v) is 18.1. The van der Waals surface area contributed by atoms with E-state index in [2.05, 4.69) is 199 Å². The Morgan fingerprint density at radius 1 is 0.600 bits per heavy atom.